The SMILES string of the molecule is C#CCN(C#CC1CCCC1)S(=O)(=O)c1ccc(C)cc1. The van der Waals surface area contributed by atoms with Crippen molar-refractivity contribution in [2.24, 2.45) is 5.92 Å². The first-order valence-electron chi connectivity index (χ1n) is 7.08. The zero-order valence-corrected chi connectivity index (χ0v) is 13.0. The van der Waals surface area contributed by atoms with Crippen molar-refractivity contribution in [1.82, 2.24) is 4.31 Å². The van der Waals surface area contributed by atoms with Gasteiger partial charge in [0.2, 0.25) is 0 Å². The van der Waals surface area contributed by atoms with Gasteiger partial charge in [-0.2, -0.15) is 0 Å². The molecule has 0 radical (unpaired) electrons. The number of terminal acetylenes is 1. The lowest BCUT2D eigenvalue weighted by molar-refractivity contribution is 0.534. The fourth-order valence-electron chi connectivity index (χ4n) is 2.34. The maximum atomic E-state index is 12.6. The smallest absolute Gasteiger partial charge is 0.212 e. The van der Waals surface area contributed by atoms with E-state index in [1.54, 1.807) is 24.3 Å². The van der Waals surface area contributed by atoms with Gasteiger partial charge in [0.05, 0.1) is 4.90 Å². The van der Waals surface area contributed by atoms with Crippen LogP contribution in [0.3, 0.4) is 0 Å². The topological polar surface area (TPSA) is 37.4 Å². The standard InChI is InChI=1S/C17H19NO2S/c1-3-13-18(14-12-16-6-4-5-7-16)21(19,20)17-10-8-15(2)9-11-17/h1,8-11,16H,4-7,13H2,2H3. The van der Waals surface area contributed by atoms with Crippen LogP contribution in [0.2, 0.25) is 0 Å². The lowest BCUT2D eigenvalue weighted by Gasteiger charge is -2.15. The monoisotopic (exact) mass is 301 g/mol. The van der Waals surface area contributed by atoms with Crippen LogP contribution >= 0.6 is 0 Å². The van der Waals surface area contributed by atoms with Crippen LogP contribution in [0.5, 0.6) is 0 Å². The van der Waals surface area contributed by atoms with Crippen molar-refractivity contribution in [2.75, 3.05) is 6.54 Å². The molecule has 2 rings (SSSR count). The van der Waals surface area contributed by atoms with Gasteiger partial charge in [-0.05, 0) is 31.9 Å². The molecule has 0 N–H and O–H groups in total. The third-order valence-corrected chi connectivity index (χ3v) is 5.26. The predicted molar refractivity (Wildman–Crippen MR) is 83.6 cm³/mol. The summed E-state index contributed by atoms with van der Waals surface area (Å²) < 4.78 is 26.2. The Hall–Kier alpha value is -1.91. The maximum Gasteiger partial charge on any atom is 0.271 e. The summed E-state index contributed by atoms with van der Waals surface area (Å²) >= 11 is 0. The quantitative estimate of drug-likeness (QED) is 0.636. The molecule has 0 heterocycles. The molecule has 1 aliphatic carbocycles. The fraction of sp³-hybridized carbons (Fsp3) is 0.412. The van der Waals surface area contributed by atoms with Crippen molar-refractivity contribution in [3.63, 3.8) is 0 Å². The van der Waals surface area contributed by atoms with E-state index in [9.17, 15) is 8.42 Å². The normalized spacial score (nSPS) is 15.0. The Morgan fingerprint density at radius 3 is 2.43 bits per heavy atom. The summed E-state index contributed by atoms with van der Waals surface area (Å²) in [6, 6.07) is 9.48. The Labute approximate surface area is 127 Å². The van der Waals surface area contributed by atoms with Crippen molar-refractivity contribution in [3.05, 3.63) is 29.8 Å². The van der Waals surface area contributed by atoms with Gasteiger partial charge in [0, 0.05) is 12.0 Å². The molecule has 1 aromatic carbocycles. The van der Waals surface area contributed by atoms with Crippen LogP contribution in [0.15, 0.2) is 29.2 Å². The summed E-state index contributed by atoms with van der Waals surface area (Å²) in [4.78, 5) is 0.226. The molecule has 0 amide bonds. The third-order valence-electron chi connectivity index (χ3n) is 3.59. The van der Waals surface area contributed by atoms with Crippen LogP contribution < -0.4 is 0 Å². The molecule has 0 bridgehead atoms. The molecule has 1 aromatic rings. The molecule has 4 heteroatoms. The maximum absolute atomic E-state index is 12.6. The summed E-state index contributed by atoms with van der Waals surface area (Å²) in [6.45, 7) is 1.88. The average Bonchev–Trinajstić information content (AvgIpc) is 2.97. The van der Waals surface area contributed by atoms with Crippen LogP contribution in [0.25, 0.3) is 0 Å². The zero-order chi connectivity index (χ0) is 15.3. The van der Waals surface area contributed by atoms with Gasteiger partial charge in [-0.15, -0.1) is 6.42 Å². The van der Waals surface area contributed by atoms with E-state index < -0.39 is 10.0 Å². The summed E-state index contributed by atoms with van der Waals surface area (Å²) in [5.74, 6) is 5.72. The average molecular weight is 301 g/mol. The van der Waals surface area contributed by atoms with Gasteiger partial charge in [0.1, 0.15) is 6.54 Å². The Morgan fingerprint density at radius 2 is 1.86 bits per heavy atom. The van der Waals surface area contributed by atoms with E-state index in [4.69, 9.17) is 6.42 Å². The van der Waals surface area contributed by atoms with Gasteiger partial charge < -0.3 is 0 Å². The van der Waals surface area contributed by atoms with Crippen LogP contribution in [0.4, 0.5) is 0 Å². The Balaban J connectivity index is 2.27. The molecular formula is C17H19NO2S. The second kappa shape index (κ2) is 6.70. The molecule has 3 nitrogen and oxygen atoms in total. The van der Waals surface area contributed by atoms with Crippen LogP contribution in [-0.2, 0) is 10.0 Å². The molecule has 0 unspecified atom stereocenters. The minimum atomic E-state index is -3.65. The van der Waals surface area contributed by atoms with Gasteiger partial charge in [-0.25, -0.2) is 12.7 Å². The highest BCUT2D eigenvalue weighted by molar-refractivity contribution is 7.89. The van der Waals surface area contributed by atoms with E-state index in [1.807, 2.05) is 6.92 Å². The Kier molecular flexibility index (Phi) is 4.94. The number of hydrogen-bond donors (Lipinski definition) is 0. The summed E-state index contributed by atoms with van der Waals surface area (Å²) in [5, 5.41) is 0. The third kappa shape index (κ3) is 3.80. The predicted octanol–water partition coefficient (Wildman–Crippen LogP) is 2.77. The molecule has 1 saturated carbocycles. The van der Waals surface area contributed by atoms with Gasteiger partial charge in [-0.3, -0.25) is 0 Å². The van der Waals surface area contributed by atoms with E-state index in [0.717, 1.165) is 22.7 Å². The van der Waals surface area contributed by atoms with Crippen molar-refractivity contribution < 1.29 is 8.42 Å². The van der Waals surface area contributed by atoms with E-state index in [-0.39, 0.29) is 11.4 Å². The Morgan fingerprint density at radius 1 is 1.24 bits per heavy atom. The summed E-state index contributed by atoms with van der Waals surface area (Å²) in [5.41, 5.74) is 1.01. The van der Waals surface area contributed by atoms with E-state index in [0.29, 0.717) is 5.92 Å². The van der Waals surface area contributed by atoms with Crippen LogP contribution in [-0.4, -0.2) is 19.3 Å². The van der Waals surface area contributed by atoms with Crippen molar-refractivity contribution >= 4 is 10.0 Å². The number of nitrogens with zero attached hydrogens (tertiary/aromatic N) is 1. The number of benzene rings is 1. The first-order valence-corrected chi connectivity index (χ1v) is 8.52. The second-order valence-electron chi connectivity index (χ2n) is 5.27. The van der Waals surface area contributed by atoms with Crippen LogP contribution in [0, 0.1) is 37.2 Å². The Bertz CT molecular complexity index is 681. The molecular weight excluding hydrogens is 282 g/mol. The molecule has 110 valence electrons. The minimum absolute atomic E-state index is 0.0318. The molecule has 0 aromatic heterocycles. The van der Waals surface area contributed by atoms with Crippen molar-refractivity contribution in [1.29, 1.82) is 0 Å². The lowest BCUT2D eigenvalue weighted by Crippen LogP contribution is -2.27. The van der Waals surface area contributed by atoms with Gasteiger partial charge in [0.15, 0.2) is 0 Å². The number of sulfonamides is 1. The minimum Gasteiger partial charge on any atom is -0.212 e. The number of aryl methyl sites for hydroxylation is 1. The number of rotatable bonds is 3. The van der Waals surface area contributed by atoms with E-state index in [2.05, 4.69) is 17.9 Å². The molecule has 0 atom stereocenters. The lowest BCUT2D eigenvalue weighted by atomic mass is 10.1. The van der Waals surface area contributed by atoms with E-state index >= 15 is 0 Å². The first kappa shape index (κ1) is 15.5. The van der Waals surface area contributed by atoms with Crippen molar-refractivity contribution in [3.8, 4) is 24.3 Å². The zero-order valence-electron chi connectivity index (χ0n) is 12.2. The van der Waals surface area contributed by atoms with E-state index in [1.165, 1.54) is 12.8 Å². The van der Waals surface area contributed by atoms with Crippen LogP contribution in [0.1, 0.15) is 31.2 Å². The molecule has 0 saturated heterocycles. The molecule has 0 spiro atoms. The highest BCUT2D eigenvalue weighted by atomic mass is 32.2. The second-order valence-corrected chi connectivity index (χ2v) is 7.13. The molecule has 21 heavy (non-hydrogen) atoms. The van der Waals surface area contributed by atoms with Crippen molar-refractivity contribution in [2.45, 2.75) is 37.5 Å². The first-order chi connectivity index (χ1) is 10.0. The largest absolute Gasteiger partial charge is 0.271 e. The van der Waals surface area contributed by atoms with Gasteiger partial charge in [-0.1, -0.05) is 42.4 Å². The molecule has 1 aliphatic rings. The molecule has 1 fully saturated rings. The molecule has 0 aliphatic heterocycles. The highest BCUT2D eigenvalue weighted by Crippen LogP contribution is 2.24. The fourth-order valence-corrected chi connectivity index (χ4v) is 3.49. The summed E-state index contributed by atoms with van der Waals surface area (Å²) in [7, 11) is -3.65. The number of hydrogen-bond acceptors (Lipinski definition) is 2. The van der Waals surface area contributed by atoms with Gasteiger partial charge in [0.25, 0.3) is 10.0 Å². The van der Waals surface area contributed by atoms with Gasteiger partial charge >= 0.3 is 0 Å². The summed E-state index contributed by atoms with van der Waals surface area (Å²) in [6.07, 6.45) is 9.71. The highest BCUT2D eigenvalue weighted by Gasteiger charge is 2.21.